The largest absolute Gasteiger partial charge is 0.352 e. The second-order valence-corrected chi connectivity index (χ2v) is 10.7. The topological polar surface area (TPSA) is 49.3 Å². The molecule has 1 saturated heterocycles. The van der Waals surface area contributed by atoms with Crippen LogP contribution in [0.3, 0.4) is 0 Å². The minimum atomic E-state index is -0.327. The van der Waals surface area contributed by atoms with E-state index in [1.807, 2.05) is 22.3 Å². The quantitative estimate of drug-likeness (QED) is 0.365. The van der Waals surface area contributed by atoms with E-state index in [4.69, 9.17) is 9.97 Å². The fraction of sp³-hybridized carbons (Fsp3) is 0.345. The molecule has 0 N–H and O–H groups in total. The Hall–Kier alpha value is -3.32. The highest BCUT2D eigenvalue weighted by Crippen LogP contribution is 2.40. The van der Waals surface area contributed by atoms with E-state index in [0.717, 1.165) is 55.2 Å². The predicted octanol–water partition coefficient (Wildman–Crippen LogP) is 5.46. The van der Waals surface area contributed by atoms with Gasteiger partial charge in [-0.15, -0.1) is 11.3 Å². The van der Waals surface area contributed by atoms with Crippen LogP contribution in [0.1, 0.15) is 45.0 Å². The highest BCUT2D eigenvalue weighted by Gasteiger charge is 2.28. The maximum Gasteiger partial charge on any atom is 0.253 e. The first-order valence-electron chi connectivity index (χ1n) is 12.8. The molecule has 2 aromatic heterocycles. The molecule has 2 aliphatic rings. The number of nitrogens with zero attached hydrogens (tertiary/aromatic N) is 4. The number of hydrogen-bond donors (Lipinski definition) is 0. The lowest BCUT2D eigenvalue weighted by atomic mass is 9.96. The number of carbonyl (C=O) groups is 1. The second-order valence-electron chi connectivity index (χ2n) is 9.63. The van der Waals surface area contributed by atoms with Gasteiger partial charge in [-0.05, 0) is 67.5 Å². The average Bonchev–Trinajstić information content (AvgIpc) is 3.31. The molecule has 184 valence electrons. The van der Waals surface area contributed by atoms with Crippen LogP contribution in [-0.2, 0) is 25.7 Å². The van der Waals surface area contributed by atoms with Crippen molar-refractivity contribution in [3.8, 4) is 0 Å². The molecule has 1 aliphatic heterocycles. The highest BCUT2D eigenvalue weighted by molar-refractivity contribution is 7.19. The Labute approximate surface area is 214 Å². The summed E-state index contributed by atoms with van der Waals surface area (Å²) in [5.41, 5.74) is 3.26. The molecule has 5 nitrogen and oxygen atoms in total. The average molecular weight is 501 g/mol. The van der Waals surface area contributed by atoms with Crippen molar-refractivity contribution in [3.63, 3.8) is 0 Å². The zero-order valence-corrected chi connectivity index (χ0v) is 21.1. The van der Waals surface area contributed by atoms with Crippen LogP contribution < -0.4 is 4.90 Å². The van der Waals surface area contributed by atoms with Gasteiger partial charge in [0.1, 0.15) is 22.3 Å². The zero-order valence-electron chi connectivity index (χ0n) is 20.3. The number of hydrogen-bond acceptors (Lipinski definition) is 5. The van der Waals surface area contributed by atoms with Crippen molar-refractivity contribution in [1.82, 2.24) is 14.9 Å². The molecule has 1 fully saturated rings. The van der Waals surface area contributed by atoms with E-state index in [-0.39, 0.29) is 11.7 Å². The Kier molecular flexibility index (Phi) is 6.40. The van der Waals surface area contributed by atoms with E-state index >= 15 is 0 Å². The van der Waals surface area contributed by atoms with Gasteiger partial charge in [0.15, 0.2) is 0 Å². The number of piperazine rings is 1. The van der Waals surface area contributed by atoms with Crippen molar-refractivity contribution < 1.29 is 9.18 Å². The summed E-state index contributed by atoms with van der Waals surface area (Å²) in [6.07, 6.45) is 6.41. The highest BCUT2D eigenvalue weighted by atomic mass is 32.1. The van der Waals surface area contributed by atoms with Crippen LogP contribution in [0.4, 0.5) is 10.2 Å². The Morgan fingerprint density at radius 1 is 0.889 bits per heavy atom. The molecule has 0 radical (unpaired) electrons. The molecule has 36 heavy (non-hydrogen) atoms. The smallest absolute Gasteiger partial charge is 0.253 e. The molecule has 1 aliphatic carbocycles. The zero-order chi connectivity index (χ0) is 24.5. The van der Waals surface area contributed by atoms with Crippen LogP contribution in [0, 0.1) is 5.82 Å². The monoisotopic (exact) mass is 500 g/mol. The lowest BCUT2D eigenvalue weighted by Crippen LogP contribution is -2.49. The van der Waals surface area contributed by atoms with E-state index in [2.05, 4.69) is 29.2 Å². The molecule has 4 aromatic rings. The molecule has 0 saturated carbocycles. The normalized spacial score (nSPS) is 15.8. The van der Waals surface area contributed by atoms with Gasteiger partial charge in [0.05, 0.1) is 5.39 Å². The first-order chi connectivity index (χ1) is 17.7. The third-order valence-electron chi connectivity index (χ3n) is 7.28. The predicted molar refractivity (Wildman–Crippen MR) is 142 cm³/mol. The van der Waals surface area contributed by atoms with Crippen molar-refractivity contribution in [1.29, 1.82) is 0 Å². The summed E-state index contributed by atoms with van der Waals surface area (Å²) in [4.78, 5) is 29.9. The minimum absolute atomic E-state index is 0.0426. The molecular weight excluding hydrogens is 471 g/mol. The Morgan fingerprint density at radius 2 is 1.64 bits per heavy atom. The summed E-state index contributed by atoms with van der Waals surface area (Å²) in [5, 5.41) is 1.23. The van der Waals surface area contributed by atoms with E-state index in [1.54, 1.807) is 12.1 Å². The molecule has 0 atom stereocenters. The lowest BCUT2D eigenvalue weighted by molar-refractivity contribution is 0.0746. The molecule has 0 unspecified atom stereocenters. The summed E-state index contributed by atoms with van der Waals surface area (Å²) in [6.45, 7) is 2.68. The molecule has 0 bridgehead atoms. The summed E-state index contributed by atoms with van der Waals surface area (Å²) < 4.78 is 13.3. The third-order valence-corrected chi connectivity index (χ3v) is 8.47. The standard InChI is InChI=1S/C29H29FN4OS/c30-22-13-11-21(12-14-22)29(35)34-18-16-33(17-19-34)27-26-23-8-4-5-9-24(23)36-28(26)32-25(31-27)15-10-20-6-2-1-3-7-20/h1-3,6-7,11-14H,4-5,8-10,15-19H2. The van der Waals surface area contributed by atoms with Gasteiger partial charge in [-0.25, -0.2) is 14.4 Å². The maximum absolute atomic E-state index is 13.3. The van der Waals surface area contributed by atoms with Crippen molar-refractivity contribution in [2.45, 2.75) is 38.5 Å². The maximum atomic E-state index is 13.3. The number of aromatic nitrogens is 2. The Morgan fingerprint density at radius 3 is 2.42 bits per heavy atom. The Bertz CT molecular complexity index is 1380. The summed E-state index contributed by atoms with van der Waals surface area (Å²) >= 11 is 1.84. The molecule has 0 spiro atoms. The van der Waals surface area contributed by atoms with Crippen LogP contribution in [0.15, 0.2) is 54.6 Å². The fourth-order valence-electron chi connectivity index (χ4n) is 5.32. The van der Waals surface area contributed by atoms with Crippen LogP contribution in [0.5, 0.6) is 0 Å². The number of aryl methyl sites for hydroxylation is 4. The van der Waals surface area contributed by atoms with Crippen molar-refractivity contribution in [3.05, 3.63) is 87.8 Å². The van der Waals surface area contributed by atoms with Gasteiger partial charge in [0.2, 0.25) is 0 Å². The lowest BCUT2D eigenvalue weighted by Gasteiger charge is -2.36. The van der Waals surface area contributed by atoms with E-state index in [9.17, 15) is 9.18 Å². The van der Waals surface area contributed by atoms with Gasteiger partial charge in [0.25, 0.3) is 5.91 Å². The van der Waals surface area contributed by atoms with Crippen molar-refractivity contribution in [2.75, 3.05) is 31.1 Å². The number of amides is 1. The second kappa shape index (κ2) is 9.97. The number of thiophene rings is 1. The number of carbonyl (C=O) groups excluding carboxylic acids is 1. The fourth-order valence-corrected chi connectivity index (χ4v) is 6.59. The van der Waals surface area contributed by atoms with Crippen LogP contribution >= 0.6 is 11.3 Å². The minimum Gasteiger partial charge on any atom is -0.352 e. The molecule has 2 aromatic carbocycles. The number of fused-ring (bicyclic) bond motifs is 3. The van der Waals surface area contributed by atoms with Crippen LogP contribution in [0.25, 0.3) is 10.2 Å². The van der Waals surface area contributed by atoms with Gasteiger partial charge >= 0.3 is 0 Å². The summed E-state index contributed by atoms with van der Waals surface area (Å²) in [7, 11) is 0. The molecule has 3 heterocycles. The van der Waals surface area contributed by atoms with Gasteiger partial charge in [-0.1, -0.05) is 30.3 Å². The van der Waals surface area contributed by atoms with Gasteiger partial charge in [0, 0.05) is 43.0 Å². The van der Waals surface area contributed by atoms with Gasteiger partial charge in [-0.2, -0.15) is 0 Å². The third kappa shape index (κ3) is 4.60. The van der Waals surface area contributed by atoms with Gasteiger partial charge in [-0.3, -0.25) is 4.79 Å². The SMILES string of the molecule is O=C(c1ccc(F)cc1)N1CCN(c2nc(CCc3ccccc3)nc3sc4c(c23)CCCC4)CC1. The molecule has 6 rings (SSSR count). The Balaban J connectivity index is 1.26. The van der Waals surface area contributed by atoms with Crippen LogP contribution in [0.2, 0.25) is 0 Å². The molecule has 7 heteroatoms. The molecule has 1 amide bonds. The van der Waals surface area contributed by atoms with Crippen molar-refractivity contribution >= 4 is 33.3 Å². The number of benzene rings is 2. The summed E-state index contributed by atoms with van der Waals surface area (Å²) in [6, 6.07) is 16.3. The van der Waals surface area contributed by atoms with Crippen molar-refractivity contribution in [2.24, 2.45) is 0 Å². The van der Waals surface area contributed by atoms with Crippen LogP contribution in [-0.4, -0.2) is 47.0 Å². The molecular formula is C29H29FN4OS. The van der Waals surface area contributed by atoms with E-state index < -0.39 is 0 Å². The summed E-state index contributed by atoms with van der Waals surface area (Å²) in [5.74, 6) is 1.56. The number of rotatable bonds is 5. The van der Waals surface area contributed by atoms with E-state index in [1.165, 1.54) is 46.4 Å². The number of anilines is 1. The van der Waals surface area contributed by atoms with Gasteiger partial charge < -0.3 is 9.80 Å². The first kappa shape index (κ1) is 23.1. The van der Waals surface area contributed by atoms with E-state index in [0.29, 0.717) is 18.7 Å². The first-order valence-corrected chi connectivity index (χ1v) is 13.6. The number of halogens is 1.